The third-order valence-electron chi connectivity index (χ3n) is 4.23. The van der Waals surface area contributed by atoms with E-state index in [1.807, 2.05) is 12.1 Å². The van der Waals surface area contributed by atoms with Crippen LogP contribution in [-0.4, -0.2) is 22.2 Å². The summed E-state index contributed by atoms with van der Waals surface area (Å²) in [6, 6.07) is 8.22. The molecule has 2 N–H and O–H groups in total. The summed E-state index contributed by atoms with van der Waals surface area (Å²) < 4.78 is 63.0. The van der Waals surface area contributed by atoms with E-state index in [1.54, 1.807) is 0 Å². The Labute approximate surface area is 156 Å². The highest BCUT2D eigenvalue weighted by atomic mass is 19.2. The van der Waals surface area contributed by atoms with E-state index in [0.717, 1.165) is 12.8 Å². The summed E-state index contributed by atoms with van der Waals surface area (Å²) in [5, 5.41) is 16.8. The van der Waals surface area contributed by atoms with Gasteiger partial charge >= 0.3 is 11.9 Å². The second-order valence-electron chi connectivity index (χ2n) is 6.26. The minimum Gasteiger partial charge on any atom is -0.481 e. The van der Waals surface area contributed by atoms with Crippen molar-refractivity contribution >= 4 is 11.9 Å². The molecule has 2 aromatic rings. The van der Waals surface area contributed by atoms with Crippen molar-refractivity contribution in [2.45, 2.75) is 25.7 Å². The first-order valence-electron chi connectivity index (χ1n) is 8.12. The molecule has 0 amide bonds. The smallest absolute Gasteiger partial charge is 0.308 e. The highest BCUT2D eigenvalue weighted by Crippen LogP contribution is 2.28. The minimum absolute atomic E-state index is 0.300. The van der Waals surface area contributed by atoms with E-state index >= 15 is 0 Å². The summed E-state index contributed by atoms with van der Waals surface area (Å²) in [6.07, 6.45) is 0.894. The summed E-state index contributed by atoms with van der Waals surface area (Å²) in [7, 11) is 0. The van der Waals surface area contributed by atoms with Gasteiger partial charge in [-0.15, -0.1) is 0 Å². The molecular formula is C19H15F5O4. The summed E-state index contributed by atoms with van der Waals surface area (Å²) >= 11 is 0. The van der Waals surface area contributed by atoms with Crippen LogP contribution in [0.5, 0.6) is 0 Å². The van der Waals surface area contributed by atoms with E-state index < -0.39 is 53.0 Å². The molecule has 150 valence electrons. The molecule has 0 heterocycles. The molecule has 3 rings (SSSR count). The number of benzene rings is 2. The Hall–Kier alpha value is -2.97. The lowest BCUT2D eigenvalue weighted by atomic mass is 10.0. The van der Waals surface area contributed by atoms with Crippen LogP contribution in [0.2, 0.25) is 0 Å². The fourth-order valence-electron chi connectivity index (χ4n) is 3.00. The van der Waals surface area contributed by atoms with Crippen molar-refractivity contribution in [1.29, 1.82) is 0 Å². The third-order valence-corrected chi connectivity index (χ3v) is 4.23. The average Bonchev–Trinajstić information content (AvgIpc) is 3.04. The Morgan fingerprint density at radius 2 is 1.21 bits per heavy atom. The Morgan fingerprint density at radius 3 is 1.61 bits per heavy atom. The molecule has 28 heavy (non-hydrogen) atoms. The Bertz CT molecular complexity index is 859. The van der Waals surface area contributed by atoms with Crippen molar-refractivity contribution in [3.05, 3.63) is 70.0 Å². The van der Waals surface area contributed by atoms with Gasteiger partial charge in [-0.1, -0.05) is 24.3 Å². The number of rotatable bonds is 4. The van der Waals surface area contributed by atoms with Crippen molar-refractivity contribution in [3.63, 3.8) is 0 Å². The van der Waals surface area contributed by atoms with Crippen LogP contribution in [0.15, 0.2) is 24.3 Å². The van der Waals surface area contributed by atoms with Gasteiger partial charge in [0.25, 0.3) is 0 Å². The van der Waals surface area contributed by atoms with Gasteiger partial charge in [-0.25, -0.2) is 22.0 Å². The van der Waals surface area contributed by atoms with Gasteiger partial charge in [-0.3, -0.25) is 9.59 Å². The summed E-state index contributed by atoms with van der Waals surface area (Å²) in [5.74, 6) is -12.9. The first kappa shape index (κ1) is 21.3. The van der Waals surface area contributed by atoms with Gasteiger partial charge in [0.15, 0.2) is 23.3 Å². The van der Waals surface area contributed by atoms with E-state index in [9.17, 15) is 31.5 Å². The molecule has 0 bridgehead atoms. The van der Waals surface area contributed by atoms with E-state index in [1.165, 1.54) is 11.1 Å². The fraction of sp³-hybridized carbons (Fsp3) is 0.263. The molecule has 0 atom stereocenters. The lowest BCUT2D eigenvalue weighted by Gasteiger charge is -2.05. The third kappa shape index (κ3) is 4.85. The van der Waals surface area contributed by atoms with Crippen molar-refractivity contribution in [2.24, 2.45) is 5.92 Å². The van der Waals surface area contributed by atoms with Crippen molar-refractivity contribution < 1.29 is 41.8 Å². The van der Waals surface area contributed by atoms with Crippen LogP contribution in [0, 0.1) is 35.0 Å². The average molecular weight is 402 g/mol. The van der Waals surface area contributed by atoms with Crippen molar-refractivity contribution in [1.82, 2.24) is 0 Å². The number of carbonyl (C=O) groups is 2. The minimum atomic E-state index is -2.31. The molecule has 0 spiro atoms. The topological polar surface area (TPSA) is 74.6 Å². The van der Waals surface area contributed by atoms with Gasteiger partial charge in [0.05, 0.1) is 6.42 Å². The molecule has 0 unspecified atom stereocenters. The molecule has 0 aliphatic heterocycles. The predicted molar refractivity (Wildman–Crippen MR) is 87.2 cm³/mol. The molecule has 0 radical (unpaired) electrons. The Balaban J connectivity index is 0.000000202. The molecular weight excluding hydrogens is 387 g/mol. The molecule has 2 aromatic carbocycles. The molecule has 4 nitrogen and oxygen atoms in total. The van der Waals surface area contributed by atoms with E-state index in [2.05, 4.69) is 12.1 Å². The summed E-state index contributed by atoms with van der Waals surface area (Å²) in [5.41, 5.74) is 1.31. The lowest BCUT2D eigenvalue weighted by molar-refractivity contribution is -0.138. The number of hydrogen-bond acceptors (Lipinski definition) is 2. The summed E-state index contributed by atoms with van der Waals surface area (Å²) in [4.78, 5) is 20.6. The molecule has 9 heteroatoms. The van der Waals surface area contributed by atoms with Gasteiger partial charge in [0.2, 0.25) is 5.82 Å². The van der Waals surface area contributed by atoms with Crippen LogP contribution in [0.4, 0.5) is 22.0 Å². The fourth-order valence-corrected chi connectivity index (χ4v) is 3.00. The molecule has 1 aliphatic carbocycles. The van der Waals surface area contributed by atoms with Gasteiger partial charge in [0.1, 0.15) is 0 Å². The number of fused-ring (bicyclic) bond motifs is 1. The lowest BCUT2D eigenvalue weighted by Crippen LogP contribution is -2.11. The first-order chi connectivity index (χ1) is 13.1. The maximum Gasteiger partial charge on any atom is 0.308 e. The first-order valence-corrected chi connectivity index (χ1v) is 8.12. The highest BCUT2D eigenvalue weighted by Gasteiger charge is 2.26. The van der Waals surface area contributed by atoms with Crippen LogP contribution in [-0.2, 0) is 28.9 Å². The second kappa shape index (κ2) is 8.81. The van der Waals surface area contributed by atoms with Crippen LogP contribution < -0.4 is 0 Å². The highest BCUT2D eigenvalue weighted by molar-refractivity contribution is 5.70. The Kier molecular flexibility index (Phi) is 6.71. The Morgan fingerprint density at radius 1 is 0.786 bits per heavy atom. The van der Waals surface area contributed by atoms with E-state index in [0.29, 0.717) is 12.3 Å². The van der Waals surface area contributed by atoms with Crippen molar-refractivity contribution in [3.8, 4) is 0 Å². The number of halogens is 5. The molecule has 1 aliphatic rings. The number of aliphatic carboxylic acids is 2. The molecule has 0 saturated heterocycles. The van der Waals surface area contributed by atoms with Crippen LogP contribution in [0.25, 0.3) is 0 Å². The monoisotopic (exact) mass is 402 g/mol. The van der Waals surface area contributed by atoms with Crippen molar-refractivity contribution in [2.75, 3.05) is 0 Å². The van der Waals surface area contributed by atoms with Gasteiger partial charge in [-0.05, 0) is 29.9 Å². The maximum atomic E-state index is 12.8. The largest absolute Gasteiger partial charge is 0.481 e. The van der Waals surface area contributed by atoms with Crippen LogP contribution >= 0.6 is 0 Å². The summed E-state index contributed by atoms with van der Waals surface area (Å²) in [6.45, 7) is 0. The zero-order chi connectivity index (χ0) is 21.0. The zero-order valence-corrected chi connectivity index (χ0v) is 14.3. The maximum absolute atomic E-state index is 12.8. The standard InChI is InChI=1S/C11H12O2.C8H3F5O2/c12-11(13)7-8-5-9-3-1-2-4-10(9)6-8;9-4-2(1-3(14)15)5(10)7(12)8(13)6(4)11/h1-4,8H,5-7H2,(H,12,13);1H2,(H,14,15). The van der Waals surface area contributed by atoms with E-state index in [-0.39, 0.29) is 0 Å². The van der Waals surface area contributed by atoms with Gasteiger partial charge in [0, 0.05) is 12.0 Å². The normalized spacial score (nSPS) is 12.9. The molecule has 0 fully saturated rings. The predicted octanol–water partition coefficient (Wildman–Crippen LogP) is 3.89. The molecule has 0 aromatic heterocycles. The van der Waals surface area contributed by atoms with Gasteiger partial charge < -0.3 is 10.2 Å². The van der Waals surface area contributed by atoms with Crippen LogP contribution in [0.3, 0.4) is 0 Å². The van der Waals surface area contributed by atoms with E-state index in [4.69, 9.17) is 10.2 Å². The second-order valence-corrected chi connectivity index (χ2v) is 6.26. The number of carboxylic acids is 2. The number of carboxylic acid groups (broad SMARTS) is 2. The van der Waals surface area contributed by atoms with Crippen LogP contribution in [0.1, 0.15) is 23.1 Å². The zero-order valence-electron chi connectivity index (χ0n) is 14.3. The quantitative estimate of drug-likeness (QED) is 0.462. The molecule has 0 saturated carbocycles. The SMILES string of the molecule is O=C(O)CC1Cc2ccccc2C1.O=C(O)Cc1c(F)c(F)c(F)c(F)c1F. The van der Waals surface area contributed by atoms with Gasteiger partial charge in [-0.2, -0.15) is 0 Å². The number of hydrogen-bond donors (Lipinski definition) is 2.